The minimum absolute atomic E-state index is 0.679. The minimum Gasteiger partial charge on any atom is -0.315 e. The lowest BCUT2D eigenvalue weighted by molar-refractivity contribution is 0.153. The molecule has 126 valence electrons. The third-order valence-corrected chi connectivity index (χ3v) is 5.46. The van der Waals surface area contributed by atoms with E-state index in [0.29, 0.717) is 6.04 Å². The fraction of sp³-hybridized carbons (Fsp3) is 1.00. The molecule has 0 aliphatic heterocycles. The fourth-order valence-corrected chi connectivity index (χ4v) is 3.79. The Balaban J connectivity index is 2.60. The molecule has 2 heteroatoms. The molecule has 1 aliphatic rings. The van der Waals surface area contributed by atoms with Gasteiger partial charge in [-0.3, -0.25) is 0 Å². The number of likely N-dealkylation sites (N-methyl/N-ethyl adjacent to an activating group) is 2. The Morgan fingerprint density at radius 3 is 2.00 bits per heavy atom. The van der Waals surface area contributed by atoms with E-state index in [9.17, 15) is 0 Å². The summed E-state index contributed by atoms with van der Waals surface area (Å²) in [6, 6.07) is 1.40. The first-order valence-corrected chi connectivity index (χ1v) is 9.56. The zero-order chi connectivity index (χ0) is 15.5. The molecule has 2 nitrogen and oxygen atoms in total. The number of rotatable bonds is 5. The lowest BCUT2D eigenvalue weighted by Gasteiger charge is -2.36. The maximum atomic E-state index is 3.64. The average molecular weight is 297 g/mol. The van der Waals surface area contributed by atoms with Crippen molar-refractivity contribution in [1.29, 1.82) is 0 Å². The highest BCUT2D eigenvalue weighted by Gasteiger charge is 2.24. The summed E-state index contributed by atoms with van der Waals surface area (Å²) in [7, 11) is 4.52. The Morgan fingerprint density at radius 2 is 1.48 bits per heavy atom. The zero-order valence-electron chi connectivity index (χ0n) is 15.2. The molecule has 0 aromatic heterocycles. The van der Waals surface area contributed by atoms with Crippen molar-refractivity contribution in [3.8, 4) is 0 Å². The molecule has 1 saturated carbocycles. The van der Waals surface area contributed by atoms with Crippen molar-refractivity contribution in [2.24, 2.45) is 5.92 Å². The van der Waals surface area contributed by atoms with Crippen LogP contribution < -0.4 is 5.32 Å². The molecular formula is C19H40N2. The van der Waals surface area contributed by atoms with Crippen LogP contribution in [0.3, 0.4) is 0 Å². The highest BCUT2D eigenvalue weighted by molar-refractivity contribution is 4.83. The minimum atomic E-state index is 0.679. The monoisotopic (exact) mass is 296 g/mol. The van der Waals surface area contributed by atoms with E-state index in [0.717, 1.165) is 12.0 Å². The van der Waals surface area contributed by atoms with E-state index in [1.165, 1.54) is 77.2 Å². The second-order valence-electron chi connectivity index (χ2n) is 7.32. The molecule has 21 heavy (non-hydrogen) atoms. The summed E-state index contributed by atoms with van der Waals surface area (Å²) in [5.41, 5.74) is 0. The van der Waals surface area contributed by atoms with Crippen LogP contribution in [0.5, 0.6) is 0 Å². The molecule has 1 N–H and O–H groups in total. The summed E-state index contributed by atoms with van der Waals surface area (Å²) in [4.78, 5) is 2.65. The van der Waals surface area contributed by atoms with Gasteiger partial charge in [-0.2, -0.15) is 0 Å². The molecule has 0 aromatic carbocycles. The van der Waals surface area contributed by atoms with Crippen molar-refractivity contribution in [1.82, 2.24) is 10.2 Å². The Bertz CT molecular complexity index is 242. The second-order valence-corrected chi connectivity index (χ2v) is 7.32. The van der Waals surface area contributed by atoms with Gasteiger partial charge in [0.05, 0.1) is 0 Å². The second kappa shape index (κ2) is 11.5. The van der Waals surface area contributed by atoms with Gasteiger partial charge in [-0.1, -0.05) is 71.6 Å². The van der Waals surface area contributed by atoms with Crippen LogP contribution >= 0.6 is 0 Å². The van der Waals surface area contributed by atoms with Gasteiger partial charge in [0, 0.05) is 18.6 Å². The highest BCUT2D eigenvalue weighted by Crippen LogP contribution is 2.21. The molecule has 0 bridgehead atoms. The molecule has 0 heterocycles. The number of hydrogen-bond donors (Lipinski definition) is 1. The standard InChI is InChI=1S/C19H40N2/c1-5-17(2)16-21(4)19-15-13-11-9-7-6-8-10-12-14-18(19)20-3/h17-20H,5-16H2,1-4H3. The first-order valence-electron chi connectivity index (χ1n) is 9.56. The molecule has 1 rings (SSSR count). The molecule has 0 amide bonds. The van der Waals surface area contributed by atoms with Crippen molar-refractivity contribution >= 4 is 0 Å². The molecular weight excluding hydrogens is 256 g/mol. The van der Waals surface area contributed by atoms with Crippen LogP contribution in [0.2, 0.25) is 0 Å². The fourth-order valence-electron chi connectivity index (χ4n) is 3.79. The van der Waals surface area contributed by atoms with Crippen molar-refractivity contribution in [2.45, 2.75) is 96.6 Å². The normalized spacial score (nSPS) is 27.9. The first-order chi connectivity index (χ1) is 10.2. The van der Waals surface area contributed by atoms with Crippen LogP contribution in [0, 0.1) is 5.92 Å². The van der Waals surface area contributed by atoms with E-state index in [1.54, 1.807) is 0 Å². The summed E-state index contributed by atoms with van der Waals surface area (Å²) in [6.07, 6.45) is 15.5. The number of nitrogens with one attached hydrogen (secondary N) is 1. The summed E-state index contributed by atoms with van der Waals surface area (Å²) < 4.78 is 0. The van der Waals surface area contributed by atoms with E-state index >= 15 is 0 Å². The molecule has 3 atom stereocenters. The van der Waals surface area contributed by atoms with Crippen molar-refractivity contribution in [3.63, 3.8) is 0 Å². The zero-order valence-corrected chi connectivity index (χ0v) is 15.2. The van der Waals surface area contributed by atoms with E-state index in [-0.39, 0.29) is 0 Å². The van der Waals surface area contributed by atoms with E-state index in [2.05, 4.69) is 38.2 Å². The van der Waals surface area contributed by atoms with Crippen molar-refractivity contribution in [3.05, 3.63) is 0 Å². The number of hydrogen-bond acceptors (Lipinski definition) is 2. The third kappa shape index (κ3) is 7.65. The molecule has 1 aliphatic carbocycles. The molecule has 0 saturated heterocycles. The predicted octanol–water partition coefficient (Wildman–Crippen LogP) is 4.84. The average Bonchev–Trinajstić information content (AvgIpc) is 2.47. The molecule has 0 radical (unpaired) electrons. The Labute approximate surface area is 134 Å². The van der Waals surface area contributed by atoms with E-state index in [1.807, 2.05) is 0 Å². The Morgan fingerprint density at radius 1 is 0.952 bits per heavy atom. The Kier molecular flexibility index (Phi) is 10.4. The molecule has 0 aromatic rings. The summed E-state index contributed by atoms with van der Waals surface area (Å²) >= 11 is 0. The summed E-state index contributed by atoms with van der Waals surface area (Å²) in [6.45, 7) is 5.95. The third-order valence-electron chi connectivity index (χ3n) is 5.46. The van der Waals surface area contributed by atoms with Crippen LogP contribution in [0.25, 0.3) is 0 Å². The van der Waals surface area contributed by atoms with Crippen molar-refractivity contribution in [2.75, 3.05) is 20.6 Å². The van der Waals surface area contributed by atoms with Gasteiger partial charge < -0.3 is 10.2 Å². The van der Waals surface area contributed by atoms with Crippen molar-refractivity contribution < 1.29 is 0 Å². The maximum Gasteiger partial charge on any atom is 0.0246 e. The van der Waals surface area contributed by atoms with Crippen LogP contribution in [-0.2, 0) is 0 Å². The van der Waals surface area contributed by atoms with E-state index < -0.39 is 0 Å². The van der Waals surface area contributed by atoms with Gasteiger partial charge >= 0.3 is 0 Å². The predicted molar refractivity (Wildman–Crippen MR) is 94.9 cm³/mol. The summed E-state index contributed by atoms with van der Waals surface area (Å²) in [5, 5.41) is 3.64. The van der Waals surface area contributed by atoms with Gasteiger partial charge in [0.2, 0.25) is 0 Å². The van der Waals surface area contributed by atoms with Crippen LogP contribution in [0.15, 0.2) is 0 Å². The Hall–Kier alpha value is -0.0800. The lowest BCUT2D eigenvalue weighted by Crippen LogP contribution is -2.48. The van der Waals surface area contributed by atoms with Gasteiger partial charge in [-0.15, -0.1) is 0 Å². The van der Waals surface area contributed by atoms with Gasteiger partial charge in [0.15, 0.2) is 0 Å². The van der Waals surface area contributed by atoms with Crippen LogP contribution in [-0.4, -0.2) is 37.6 Å². The lowest BCUT2D eigenvalue weighted by atomic mass is 9.92. The maximum absolute atomic E-state index is 3.64. The van der Waals surface area contributed by atoms with Gasteiger partial charge in [0.25, 0.3) is 0 Å². The van der Waals surface area contributed by atoms with Gasteiger partial charge in [-0.05, 0) is 32.9 Å². The summed E-state index contributed by atoms with van der Waals surface area (Å²) in [5.74, 6) is 0.814. The first kappa shape index (κ1) is 19.0. The van der Waals surface area contributed by atoms with Gasteiger partial charge in [-0.25, -0.2) is 0 Å². The molecule has 0 spiro atoms. The highest BCUT2D eigenvalue weighted by atomic mass is 15.2. The molecule has 1 fully saturated rings. The SMILES string of the molecule is CCC(C)CN(C)C1CCCCCCCCCCC1NC. The molecule has 3 unspecified atom stereocenters. The number of nitrogens with zero attached hydrogens (tertiary/aromatic N) is 1. The van der Waals surface area contributed by atoms with Gasteiger partial charge in [0.1, 0.15) is 0 Å². The van der Waals surface area contributed by atoms with Crippen LogP contribution in [0.1, 0.15) is 84.5 Å². The topological polar surface area (TPSA) is 15.3 Å². The van der Waals surface area contributed by atoms with Crippen LogP contribution in [0.4, 0.5) is 0 Å². The quantitative estimate of drug-likeness (QED) is 0.781. The van der Waals surface area contributed by atoms with E-state index in [4.69, 9.17) is 0 Å². The smallest absolute Gasteiger partial charge is 0.0246 e. The largest absolute Gasteiger partial charge is 0.315 e.